The lowest BCUT2D eigenvalue weighted by Gasteiger charge is -2.15. The molecule has 0 aliphatic rings. The van der Waals surface area contributed by atoms with E-state index in [1.165, 1.54) is 25.1 Å². The Kier molecular flexibility index (Phi) is 5.71. The number of amides is 1. The maximum Gasteiger partial charge on any atom is 0.417 e. The van der Waals surface area contributed by atoms with E-state index >= 15 is 0 Å². The van der Waals surface area contributed by atoms with Gasteiger partial charge in [-0.05, 0) is 37.3 Å². The normalized spacial score (nSPS) is 11.7. The number of hydrogen-bond donors (Lipinski definition) is 1. The van der Waals surface area contributed by atoms with Gasteiger partial charge in [-0.2, -0.15) is 18.3 Å². The van der Waals surface area contributed by atoms with E-state index in [-0.39, 0.29) is 33.1 Å². The second-order valence-electron chi connectivity index (χ2n) is 7.18. The summed E-state index contributed by atoms with van der Waals surface area (Å²) in [7, 11) is 0. The van der Waals surface area contributed by atoms with Crippen LogP contribution in [-0.4, -0.2) is 20.3 Å². The van der Waals surface area contributed by atoms with Crippen LogP contribution in [0.5, 0.6) is 0 Å². The summed E-state index contributed by atoms with van der Waals surface area (Å²) >= 11 is 6.03. The first-order chi connectivity index (χ1) is 15.6. The summed E-state index contributed by atoms with van der Waals surface area (Å²) in [4.78, 5) is 25.4. The van der Waals surface area contributed by atoms with Gasteiger partial charge in [-0.15, -0.1) is 0 Å². The van der Waals surface area contributed by atoms with Crippen molar-refractivity contribution in [2.75, 3.05) is 5.32 Å². The monoisotopic (exact) mass is 478 g/mol. The fourth-order valence-electron chi connectivity index (χ4n) is 3.52. The zero-order chi connectivity index (χ0) is 23.9. The molecule has 0 radical (unpaired) electrons. The molecule has 0 fully saturated rings. The molecule has 2 aromatic carbocycles. The number of carbonyl (C=O) groups is 1. The van der Waals surface area contributed by atoms with Crippen LogP contribution in [0.2, 0.25) is 5.02 Å². The standard InChI is InChI=1S/C22H15ClF4N4O2/c1-12-20-15(22(25,26)27)10-19(33)30(11-18(32)28-17-8-3-2-7-16(17)23)21(20)31(29-12)14-6-4-5-13(24)9-14/h2-10H,11H2,1H3,(H,28,32). The van der Waals surface area contributed by atoms with Gasteiger partial charge in [0.15, 0.2) is 0 Å². The number of para-hydroxylation sites is 1. The van der Waals surface area contributed by atoms with Gasteiger partial charge in [0.25, 0.3) is 5.56 Å². The quantitative estimate of drug-likeness (QED) is 0.422. The number of carbonyl (C=O) groups excluding carboxylic acids is 1. The van der Waals surface area contributed by atoms with Crippen molar-refractivity contribution in [3.05, 3.63) is 87.0 Å². The first-order valence-electron chi connectivity index (χ1n) is 9.57. The van der Waals surface area contributed by atoms with Crippen molar-refractivity contribution in [1.82, 2.24) is 14.3 Å². The lowest BCUT2D eigenvalue weighted by Crippen LogP contribution is -2.30. The van der Waals surface area contributed by atoms with Crippen LogP contribution in [0.25, 0.3) is 16.7 Å². The van der Waals surface area contributed by atoms with Crippen LogP contribution in [0, 0.1) is 12.7 Å². The lowest BCUT2D eigenvalue weighted by atomic mass is 10.1. The third kappa shape index (κ3) is 4.34. The van der Waals surface area contributed by atoms with Crippen molar-refractivity contribution in [2.45, 2.75) is 19.6 Å². The number of halogens is 5. The molecule has 1 N–H and O–H groups in total. The van der Waals surface area contributed by atoms with Crippen LogP contribution < -0.4 is 10.9 Å². The predicted molar refractivity (Wildman–Crippen MR) is 115 cm³/mol. The van der Waals surface area contributed by atoms with Crippen LogP contribution in [0.1, 0.15) is 11.3 Å². The Balaban J connectivity index is 1.92. The van der Waals surface area contributed by atoms with Crippen molar-refractivity contribution >= 4 is 34.2 Å². The SMILES string of the molecule is Cc1nn(-c2cccc(F)c2)c2c1c(C(F)(F)F)cc(=O)n2CC(=O)Nc1ccccc1Cl. The molecule has 2 heterocycles. The van der Waals surface area contributed by atoms with E-state index in [2.05, 4.69) is 10.4 Å². The minimum atomic E-state index is -4.85. The van der Waals surface area contributed by atoms with Crippen LogP contribution in [0.4, 0.5) is 23.2 Å². The molecule has 11 heteroatoms. The Morgan fingerprint density at radius 2 is 1.85 bits per heavy atom. The van der Waals surface area contributed by atoms with Crippen molar-refractivity contribution in [3.8, 4) is 5.69 Å². The molecule has 0 aliphatic heterocycles. The number of aromatic nitrogens is 3. The molecule has 0 atom stereocenters. The van der Waals surface area contributed by atoms with Crippen molar-refractivity contribution in [2.24, 2.45) is 0 Å². The molecule has 4 rings (SSSR count). The number of alkyl halides is 3. The summed E-state index contributed by atoms with van der Waals surface area (Å²) in [5.74, 6) is -1.35. The van der Waals surface area contributed by atoms with E-state index in [1.54, 1.807) is 18.2 Å². The molecule has 170 valence electrons. The molecule has 4 aromatic rings. The number of aryl methyl sites for hydroxylation is 1. The second-order valence-corrected chi connectivity index (χ2v) is 7.59. The van der Waals surface area contributed by atoms with E-state index in [0.717, 1.165) is 21.4 Å². The van der Waals surface area contributed by atoms with E-state index in [4.69, 9.17) is 11.6 Å². The first kappa shape index (κ1) is 22.5. The van der Waals surface area contributed by atoms with E-state index in [0.29, 0.717) is 6.07 Å². The maximum atomic E-state index is 13.8. The van der Waals surface area contributed by atoms with Crippen LogP contribution in [0.3, 0.4) is 0 Å². The Morgan fingerprint density at radius 1 is 1.12 bits per heavy atom. The summed E-state index contributed by atoms with van der Waals surface area (Å²) in [5, 5.41) is 6.53. The van der Waals surface area contributed by atoms with Gasteiger partial charge in [-0.1, -0.05) is 29.8 Å². The minimum absolute atomic E-state index is 0.0400. The van der Waals surface area contributed by atoms with Gasteiger partial charge >= 0.3 is 6.18 Å². The fraction of sp³-hybridized carbons (Fsp3) is 0.136. The third-order valence-electron chi connectivity index (χ3n) is 4.90. The van der Waals surface area contributed by atoms with Gasteiger partial charge in [-0.25, -0.2) is 9.07 Å². The Bertz CT molecular complexity index is 1440. The zero-order valence-corrected chi connectivity index (χ0v) is 17.7. The number of nitrogens with zero attached hydrogens (tertiary/aromatic N) is 3. The zero-order valence-electron chi connectivity index (χ0n) is 17.0. The molecule has 0 bridgehead atoms. The molecule has 0 unspecified atom stereocenters. The lowest BCUT2D eigenvalue weighted by molar-refractivity contribution is -0.136. The van der Waals surface area contributed by atoms with Crippen molar-refractivity contribution in [3.63, 3.8) is 0 Å². The van der Waals surface area contributed by atoms with Crippen molar-refractivity contribution < 1.29 is 22.4 Å². The highest BCUT2D eigenvalue weighted by molar-refractivity contribution is 6.33. The second kappa shape index (κ2) is 8.36. The number of pyridine rings is 1. The summed E-state index contributed by atoms with van der Waals surface area (Å²) in [6.07, 6.45) is -4.85. The molecule has 0 saturated heterocycles. The topological polar surface area (TPSA) is 68.9 Å². The number of hydrogen-bond acceptors (Lipinski definition) is 3. The average molecular weight is 479 g/mol. The molecule has 33 heavy (non-hydrogen) atoms. The fourth-order valence-corrected chi connectivity index (χ4v) is 3.70. The van der Waals surface area contributed by atoms with Gasteiger partial charge in [0, 0.05) is 6.07 Å². The van der Waals surface area contributed by atoms with Crippen LogP contribution >= 0.6 is 11.6 Å². The Hall–Kier alpha value is -3.66. The number of anilines is 1. The molecule has 6 nitrogen and oxygen atoms in total. The highest BCUT2D eigenvalue weighted by Crippen LogP contribution is 2.36. The highest BCUT2D eigenvalue weighted by Gasteiger charge is 2.36. The van der Waals surface area contributed by atoms with E-state index < -0.39 is 35.6 Å². The number of nitrogens with one attached hydrogen (secondary N) is 1. The molecule has 2 aromatic heterocycles. The first-order valence-corrected chi connectivity index (χ1v) is 9.95. The van der Waals surface area contributed by atoms with Crippen LogP contribution in [0.15, 0.2) is 59.4 Å². The molecule has 0 aliphatic carbocycles. The molecular weight excluding hydrogens is 464 g/mol. The predicted octanol–water partition coefficient (Wildman–Crippen LogP) is 4.95. The molecule has 0 saturated carbocycles. The summed E-state index contributed by atoms with van der Waals surface area (Å²) in [5.41, 5.74) is -2.22. The van der Waals surface area contributed by atoms with E-state index in [9.17, 15) is 27.2 Å². The highest BCUT2D eigenvalue weighted by atomic mass is 35.5. The number of rotatable bonds is 4. The number of fused-ring (bicyclic) bond motifs is 1. The molecule has 0 spiro atoms. The van der Waals surface area contributed by atoms with Crippen molar-refractivity contribution in [1.29, 1.82) is 0 Å². The Morgan fingerprint density at radius 3 is 2.52 bits per heavy atom. The van der Waals surface area contributed by atoms with Gasteiger partial charge in [0.1, 0.15) is 18.0 Å². The summed E-state index contributed by atoms with van der Waals surface area (Å²) in [6.45, 7) is 0.713. The summed E-state index contributed by atoms with van der Waals surface area (Å²) in [6, 6.07) is 11.8. The van der Waals surface area contributed by atoms with Gasteiger partial charge < -0.3 is 5.32 Å². The van der Waals surface area contributed by atoms with Gasteiger partial charge in [0.05, 0.1) is 33.0 Å². The van der Waals surface area contributed by atoms with Crippen LogP contribution in [-0.2, 0) is 17.5 Å². The maximum absolute atomic E-state index is 13.8. The summed E-state index contributed by atoms with van der Waals surface area (Å²) < 4.78 is 56.9. The third-order valence-corrected chi connectivity index (χ3v) is 5.23. The molecule has 1 amide bonds. The number of benzene rings is 2. The Labute approximate surface area is 189 Å². The molecular formula is C22H15ClF4N4O2. The van der Waals surface area contributed by atoms with Gasteiger partial charge in [-0.3, -0.25) is 14.2 Å². The van der Waals surface area contributed by atoms with Gasteiger partial charge in [0.2, 0.25) is 5.91 Å². The van der Waals surface area contributed by atoms with E-state index in [1.807, 2.05) is 0 Å². The smallest absolute Gasteiger partial charge is 0.323 e. The largest absolute Gasteiger partial charge is 0.417 e. The minimum Gasteiger partial charge on any atom is -0.323 e. The average Bonchev–Trinajstić information content (AvgIpc) is 3.08.